The molecule has 2 rings (SSSR count). The van der Waals surface area contributed by atoms with Gasteiger partial charge in [0.1, 0.15) is 11.6 Å². The molecule has 0 atom stereocenters. The average molecular weight is 276 g/mol. The molecule has 5 nitrogen and oxygen atoms in total. The van der Waals surface area contributed by atoms with E-state index in [9.17, 15) is 4.79 Å². The van der Waals surface area contributed by atoms with E-state index in [0.29, 0.717) is 5.92 Å². The molecule has 0 aromatic carbocycles. The van der Waals surface area contributed by atoms with Gasteiger partial charge in [0.15, 0.2) is 0 Å². The van der Waals surface area contributed by atoms with Crippen LogP contribution in [0.15, 0.2) is 0 Å². The molecule has 5 heteroatoms. The first kappa shape index (κ1) is 14.8. The standard InChI is InChI=1S/C15H24N4O/c1-9-10(2)18-11(3)19-15(9)17-8-12-4-6-13(7-5-12)14(16)20/h12-13H,4-8H2,1-3H3,(H2,16,20)(H,17,18,19). The number of nitrogens with one attached hydrogen (secondary N) is 1. The third-order valence-electron chi connectivity index (χ3n) is 4.31. The summed E-state index contributed by atoms with van der Waals surface area (Å²) in [7, 11) is 0. The minimum absolute atomic E-state index is 0.0801. The molecule has 0 unspecified atom stereocenters. The quantitative estimate of drug-likeness (QED) is 0.882. The molecule has 110 valence electrons. The Kier molecular flexibility index (Phi) is 4.57. The van der Waals surface area contributed by atoms with Gasteiger partial charge in [0.2, 0.25) is 5.91 Å². The Labute approximate surface area is 120 Å². The van der Waals surface area contributed by atoms with Crippen LogP contribution in [0, 0.1) is 32.6 Å². The van der Waals surface area contributed by atoms with Crippen LogP contribution in [-0.2, 0) is 4.79 Å². The summed E-state index contributed by atoms with van der Waals surface area (Å²) in [4.78, 5) is 20.0. The molecule has 3 N–H and O–H groups in total. The second-order valence-corrected chi connectivity index (χ2v) is 5.83. The van der Waals surface area contributed by atoms with Gasteiger partial charge in [-0.05, 0) is 52.4 Å². The van der Waals surface area contributed by atoms with Gasteiger partial charge in [0.25, 0.3) is 0 Å². The van der Waals surface area contributed by atoms with Crippen molar-refractivity contribution in [2.24, 2.45) is 17.6 Å². The fourth-order valence-corrected chi connectivity index (χ4v) is 2.83. The smallest absolute Gasteiger partial charge is 0.220 e. The number of carbonyl (C=O) groups excluding carboxylic acids is 1. The summed E-state index contributed by atoms with van der Waals surface area (Å²) in [6.45, 7) is 6.87. The van der Waals surface area contributed by atoms with E-state index in [0.717, 1.165) is 55.1 Å². The van der Waals surface area contributed by atoms with Crippen LogP contribution in [-0.4, -0.2) is 22.4 Å². The topological polar surface area (TPSA) is 80.9 Å². The van der Waals surface area contributed by atoms with Crippen molar-refractivity contribution in [3.8, 4) is 0 Å². The van der Waals surface area contributed by atoms with Gasteiger partial charge in [-0.3, -0.25) is 4.79 Å². The van der Waals surface area contributed by atoms with Crippen LogP contribution < -0.4 is 11.1 Å². The van der Waals surface area contributed by atoms with E-state index in [1.807, 2.05) is 20.8 Å². The number of carbonyl (C=O) groups is 1. The van der Waals surface area contributed by atoms with E-state index in [2.05, 4.69) is 15.3 Å². The lowest BCUT2D eigenvalue weighted by Gasteiger charge is -2.27. The molecule has 1 heterocycles. The molecule has 0 spiro atoms. The highest BCUT2D eigenvalue weighted by Crippen LogP contribution is 2.29. The molecule has 0 saturated heterocycles. The molecule has 0 aliphatic heterocycles. The zero-order chi connectivity index (χ0) is 14.7. The van der Waals surface area contributed by atoms with E-state index in [1.54, 1.807) is 0 Å². The van der Waals surface area contributed by atoms with Crippen LogP contribution in [0.25, 0.3) is 0 Å². The van der Waals surface area contributed by atoms with Gasteiger partial charge < -0.3 is 11.1 Å². The second-order valence-electron chi connectivity index (χ2n) is 5.83. The van der Waals surface area contributed by atoms with Gasteiger partial charge >= 0.3 is 0 Å². The van der Waals surface area contributed by atoms with E-state index < -0.39 is 0 Å². The third-order valence-corrected chi connectivity index (χ3v) is 4.31. The molecule has 1 saturated carbocycles. The number of hydrogen-bond donors (Lipinski definition) is 2. The molecule has 20 heavy (non-hydrogen) atoms. The zero-order valence-electron chi connectivity index (χ0n) is 12.6. The maximum Gasteiger partial charge on any atom is 0.220 e. The average Bonchev–Trinajstić information content (AvgIpc) is 2.41. The lowest BCUT2D eigenvalue weighted by Crippen LogP contribution is -2.29. The van der Waals surface area contributed by atoms with Crippen LogP contribution in [0.4, 0.5) is 5.82 Å². The van der Waals surface area contributed by atoms with Gasteiger partial charge in [-0.1, -0.05) is 0 Å². The van der Waals surface area contributed by atoms with Gasteiger partial charge in [-0.15, -0.1) is 0 Å². The molecule has 1 fully saturated rings. The first-order chi connectivity index (χ1) is 9.47. The Morgan fingerprint density at radius 1 is 1.20 bits per heavy atom. The van der Waals surface area contributed by atoms with Crippen molar-refractivity contribution < 1.29 is 4.79 Å². The number of primary amides is 1. The summed E-state index contributed by atoms with van der Waals surface area (Å²) >= 11 is 0. The Hall–Kier alpha value is -1.65. The minimum atomic E-state index is -0.144. The number of nitrogens with zero attached hydrogens (tertiary/aromatic N) is 2. The predicted octanol–water partition coefficient (Wildman–Crippen LogP) is 2.11. The number of aromatic nitrogens is 2. The summed E-state index contributed by atoms with van der Waals surface area (Å²) in [5.41, 5.74) is 7.50. The lowest BCUT2D eigenvalue weighted by molar-refractivity contribution is -0.122. The molecule has 0 radical (unpaired) electrons. The molecule has 1 aromatic rings. The number of anilines is 1. The number of hydrogen-bond acceptors (Lipinski definition) is 4. The molecule has 1 aliphatic carbocycles. The van der Waals surface area contributed by atoms with Crippen molar-refractivity contribution >= 4 is 11.7 Å². The van der Waals surface area contributed by atoms with Crippen molar-refractivity contribution in [2.45, 2.75) is 46.5 Å². The molecule has 1 aromatic heterocycles. The zero-order valence-corrected chi connectivity index (χ0v) is 12.6. The van der Waals surface area contributed by atoms with Gasteiger partial charge in [0.05, 0.1) is 0 Å². The highest BCUT2D eigenvalue weighted by molar-refractivity contribution is 5.76. The van der Waals surface area contributed by atoms with Gasteiger partial charge in [0, 0.05) is 23.7 Å². The van der Waals surface area contributed by atoms with Gasteiger partial charge in [-0.25, -0.2) is 9.97 Å². The molecular weight excluding hydrogens is 252 g/mol. The predicted molar refractivity (Wildman–Crippen MR) is 79.4 cm³/mol. The number of aryl methyl sites for hydroxylation is 2. The van der Waals surface area contributed by atoms with E-state index in [1.165, 1.54) is 0 Å². The van der Waals surface area contributed by atoms with Crippen LogP contribution in [0.3, 0.4) is 0 Å². The first-order valence-electron chi connectivity index (χ1n) is 7.32. The van der Waals surface area contributed by atoms with Crippen LogP contribution >= 0.6 is 0 Å². The highest BCUT2D eigenvalue weighted by atomic mass is 16.1. The maximum absolute atomic E-state index is 11.1. The van der Waals surface area contributed by atoms with E-state index in [4.69, 9.17) is 5.73 Å². The van der Waals surface area contributed by atoms with Crippen molar-refractivity contribution in [3.05, 3.63) is 17.1 Å². The second kappa shape index (κ2) is 6.20. The van der Waals surface area contributed by atoms with E-state index in [-0.39, 0.29) is 11.8 Å². The number of amides is 1. The molecule has 1 amide bonds. The highest BCUT2D eigenvalue weighted by Gasteiger charge is 2.24. The minimum Gasteiger partial charge on any atom is -0.369 e. The van der Waals surface area contributed by atoms with Crippen LogP contribution in [0.5, 0.6) is 0 Å². The summed E-state index contributed by atoms with van der Waals surface area (Å²) in [6.07, 6.45) is 3.95. The summed E-state index contributed by atoms with van der Waals surface area (Å²) < 4.78 is 0. The van der Waals surface area contributed by atoms with Crippen LogP contribution in [0.1, 0.15) is 42.8 Å². The van der Waals surface area contributed by atoms with Crippen molar-refractivity contribution in [3.63, 3.8) is 0 Å². The summed E-state index contributed by atoms with van der Waals surface area (Å²) in [6, 6.07) is 0. The molecule has 1 aliphatic rings. The number of rotatable bonds is 4. The fourth-order valence-electron chi connectivity index (χ4n) is 2.83. The number of nitrogens with two attached hydrogens (primary N) is 1. The normalized spacial score (nSPS) is 22.6. The molecular formula is C15H24N4O. The van der Waals surface area contributed by atoms with Crippen molar-refractivity contribution in [1.29, 1.82) is 0 Å². The largest absolute Gasteiger partial charge is 0.369 e. The first-order valence-corrected chi connectivity index (χ1v) is 7.32. The SMILES string of the molecule is Cc1nc(C)c(C)c(NCC2CCC(C(N)=O)CC2)n1. The Morgan fingerprint density at radius 2 is 1.85 bits per heavy atom. The van der Waals surface area contributed by atoms with Crippen molar-refractivity contribution in [1.82, 2.24) is 9.97 Å². The summed E-state index contributed by atoms with van der Waals surface area (Å²) in [5.74, 6) is 2.27. The third kappa shape index (κ3) is 3.46. The monoisotopic (exact) mass is 276 g/mol. The maximum atomic E-state index is 11.1. The van der Waals surface area contributed by atoms with Gasteiger partial charge in [-0.2, -0.15) is 0 Å². The van der Waals surface area contributed by atoms with Crippen LogP contribution in [0.2, 0.25) is 0 Å². The lowest BCUT2D eigenvalue weighted by atomic mass is 9.81. The Bertz CT molecular complexity index is 493. The summed E-state index contributed by atoms with van der Waals surface area (Å²) in [5, 5.41) is 3.44. The van der Waals surface area contributed by atoms with E-state index >= 15 is 0 Å². The fraction of sp³-hybridized carbons (Fsp3) is 0.667. The Morgan fingerprint density at radius 3 is 2.45 bits per heavy atom. The molecule has 0 bridgehead atoms. The van der Waals surface area contributed by atoms with Crippen molar-refractivity contribution in [2.75, 3.05) is 11.9 Å². The Balaban J connectivity index is 1.89.